The van der Waals surface area contributed by atoms with E-state index in [9.17, 15) is 4.79 Å². The van der Waals surface area contributed by atoms with Gasteiger partial charge in [-0.1, -0.05) is 33.6 Å². The van der Waals surface area contributed by atoms with Crippen molar-refractivity contribution in [2.45, 2.75) is 78.2 Å². The Morgan fingerprint density at radius 3 is 2.35 bits per heavy atom. The summed E-state index contributed by atoms with van der Waals surface area (Å²) in [6.45, 7) is 6.74. The van der Waals surface area contributed by atoms with E-state index in [1.165, 1.54) is 12.8 Å². The fraction of sp³-hybridized carbons (Fsp3) is 0.933. The molecule has 1 saturated carbocycles. The molecule has 1 aliphatic rings. The second kappa shape index (κ2) is 7.73. The lowest BCUT2D eigenvalue weighted by atomic mass is 9.80. The van der Waals surface area contributed by atoms with Crippen molar-refractivity contribution in [3.8, 4) is 0 Å². The Hall–Kier alpha value is -0.530. The molecule has 0 aliphatic heterocycles. The first-order valence-corrected chi connectivity index (χ1v) is 7.33. The van der Waals surface area contributed by atoms with Crippen LogP contribution in [0.3, 0.4) is 0 Å². The van der Waals surface area contributed by atoms with Crippen LogP contribution in [0.15, 0.2) is 0 Å². The lowest BCUT2D eigenvalue weighted by Crippen LogP contribution is -2.26. The Labute approximate surface area is 106 Å². The molecule has 0 bridgehead atoms. The van der Waals surface area contributed by atoms with Gasteiger partial charge in [0.15, 0.2) is 0 Å². The minimum Gasteiger partial charge on any atom is -0.462 e. The van der Waals surface area contributed by atoms with Crippen molar-refractivity contribution in [1.82, 2.24) is 0 Å². The van der Waals surface area contributed by atoms with Gasteiger partial charge >= 0.3 is 5.97 Å². The largest absolute Gasteiger partial charge is 0.462 e. The van der Waals surface area contributed by atoms with E-state index in [-0.39, 0.29) is 12.1 Å². The van der Waals surface area contributed by atoms with Crippen molar-refractivity contribution in [1.29, 1.82) is 0 Å². The molecule has 0 aromatic rings. The van der Waals surface area contributed by atoms with Gasteiger partial charge in [0.25, 0.3) is 0 Å². The highest BCUT2D eigenvalue weighted by Crippen LogP contribution is 2.31. The smallest absolute Gasteiger partial charge is 0.306 e. The predicted molar refractivity (Wildman–Crippen MR) is 70.8 cm³/mol. The van der Waals surface area contributed by atoms with E-state index in [1.807, 2.05) is 0 Å². The molecule has 0 spiro atoms. The van der Waals surface area contributed by atoms with Crippen molar-refractivity contribution in [2.75, 3.05) is 0 Å². The van der Waals surface area contributed by atoms with E-state index in [0.29, 0.717) is 6.42 Å². The highest BCUT2D eigenvalue weighted by atomic mass is 16.5. The van der Waals surface area contributed by atoms with Gasteiger partial charge in [-0.3, -0.25) is 4.79 Å². The van der Waals surface area contributed by atoms with E-state index >= 15 is 0 Å². The van der Waals surface area contributed by atoms with Gasteiger partial charge in [0, 0.05) is 6.42 Å². The summed E-state index contributed by atoms with van der Waals surface area (Å²) in [6, 6.07) is 0. The fourth-order valence-electron chi connectivity index (χ4n) is 2.64. The molecule has 0 N–H and O–H groups in total. The summed E-state index contributed by atoms with van der Waals surface area (Å²) < 4.78 is 5.53. The van der Waals surface area contributed by atoms with Gasteiger partial charge in [-0.15, -0.1) is 0 Å². The average Bonchev–Trinajstić information content (AvgIpc) is 2.30. The maximum Gasteiger partial charge on any atom is 0.306 e. The summed E-state index contributed by atoms with van der Waals surface area (Å²) in [6.07, 6.45) is 8.69. The Bertz CT molecular complexity index is 215. The van der Waals surface area contributed by atoms with E-state index in [1.54, 1.807) is 0 Å². The van der Waals surface area contributed by atoms with Crippen molar-refractivity contribution in [3.05, 3.63) is 0 Å². The minimum absolute atomic E-state index is 0.0199. The highest BCUT2D eigenvalue weighted by molar-refractivity contribution is 5.69. The lowest BCUT2D eigenvalue weighted by molar-refractivity contribution is -0.151. The summed E-state index contributed by atoms with van der Waals surface area (Å²) in [5, 5.41) is 0. The number of rotatable bonds is 6. The molecule has 0 amide bonds. The molecule has 0 heterocycles. The maximum absolute atomic E-state index is 11.6. The summed E-state index contributed by atoms with van der Waals surface area (Å²) >= 11 is 0. The van der Waals surface area contributed by atoms with E-state index in [0.717, 1.165) is 43.9 Å². The Morgan fingerprint density at radius 1 is 1.18 bits per heavy atom. The number of hydrogen-bond acceptors (Lipinski definition) is 2. The number of ether oxygens (including phenoxy) is 1. The predicted octanol–water partition coefficient (Wildman–Crippen LogP) is 4.32. The SMILES string of the molecule is CCCCCC(=O)OC1CCC(C(C)C)CC1. The quantitative estimate of drug-likeness (QED) is 0.510. The zero-order valence-electron chi connectivity index (χ0n) is 11.7. The van der Waals surface area contributed by atoms with Crippen LogP contribution < -0.4 is 0 Å². The second-order valence-electron chi connectivity index (χ2n) is 5.73. The number of carbonyl (C=O) groups is 1. The van der Waals surface area contributed by atoms with Crippen LogP contribution in [-0.4, -0.2) is 12.1 Å². The third kappa shape index (κ3) is 5.56. The molecule has 1 aliphatic carbocycles. The van der Waals surface area contributed by atoms with Gasteiger partial charge in [-0.25, -0.2) is 0 Å². The summed E-state index contributed by atoms with van der Waals surface area (Å²) in [7, 11) is 0. The van der Waals surface area contributed by atoms with Crippen LogP contribution in [0, 0.1) is 11.8 Å². The molecule has 1 rings (SSSR count). The standard InChI is InChI=1S/C15H28O2/c1-4-5-6-7-15(16)17-14-10-8-13(9-11-14)12(2)3/h12-14H,4-11H2,1-3H3. The minimum atomic E-state index is 0.0199. The van der Waals surface area contributed by atoms with Gasteiger partial charge in [0.2, 0.25) is 0 Å². The van der Waals surface area contributed by atoms with Crippen LogP contribution in [-0.2, 0) is 9.53 Å². The molecule has 0 atom stereocenters. The maximum atomic E-state index is 11.6. The van der Waals surface area contributed by atoms with Gasteiger partial charge in [0.05, 0.1) is 0 Å². The van der Waals surface area contributed by atoms with Crippen LogP contribution in [0.4, 0.5) is 0 Å². The zero-order chi connectivity index (χ0) is 12.7. The monoisotopic (exact) mass is 240 g/mol. The fourth-order valence-corrected chi connectivity index (χ4v) is 2.64. The molecule has 2 heteroatoms. The zero-order valence-corrected chi connectivity index (χ0v) is 11.7. The van der Waals surface area contributed by atoms with Crippen LogP contribution in [0.25, 0.3) is 0 Å². The molecule has 0 aromatic carbocycles. The van der Waals surface area contributed by atoms with Crippen LogP contribution in [0.2, 0.25) is 0 Å². The van der Waals surface area contributed by atoms with Crippen molar-refractivity contribution < 1.29 is 9.53 Å². The highest BCUT2D eigenvalue weighted by Gasteiger charge is 2.25. The van der Waals surface area contributed by atoms with Gasteiger partial charge < -0.3 is 4.74 Å². The summed E-state index contributed by atoms with van der Waals surface area (Å²) in [5.74, 6) is 1.63. The molecule has 100 valence electrons. The number of esters is 1. The number of carbonyl (C=O) groups excluding carboxylic acids is 1. The van der Waals surface area contributed by atoms with Crippen molar-refractivity contribution in [2.24, 2.45) is 11.8 Å². The van der Waals surface area contributed by atoms with Gasteiger partial charge in [0.1, 0.15) is 6.10 Å². The Balaban J connectivity index is 2.15. The molecule has 0 unspecified atom stereocenters. The van der Waals surface area contributed by atoms with Crippen molar-refractivity contribution in [3.63, 3.8) is 0 Å². The Kier molecular flexibility index (Phi) is 6.61. The van der Waals surface area contributed by atoms with E-state index in [4.69, 9.17) is 4.74 Å². The van der Waals surface area contributed by atoms with Crippen LogP contribution in [0.5, 0.6) is 0 Å². The number of hydrogen-bond donors (Lipinski definition) is 0. The third-order valence-corrected chi connectivity index (χ3v) is 3.94. The molecule has 17 heavy (non-hydrogen) atoms. The molecule has 0 saturated heterocycles. The normalized spacial score (nSPS) is 24.9. The first-order chi connectivity index (χ1) is 8.13. The van der Waals surface area contributed by atoms with Crippen LogP contribution in [0.1, 0.15) is 72.1 Å². The first-order valence-electron chi connectivity index (χ1n) is 7.33. The summed E-state index contributed by atoms with van der Waals surface area (Å²) in [4.78, 5) is 11.6. The second-order valence-corrected chi connectivity index (χ2v) is 5.73. The molecular weight excluding hydrogens is 212 g/mol. The summed E-state index contributed by atoms with van der Waals surface area (Å²) in [5.41, 5.74) is 0. The lowest BCUT2D eigenvalue weighted by Gasteiger charge is -2.30. The van der Waals surface area contributed by atoms with Gasteiger partial charge in [-0.05, 0) is 43.9 Å². The molecule has 0 radical (unpaired) electrons. The topological polar surface area (TPSA) is 26.3 Å². The Morgan fingerprint density at radius 2 is 1.82 bits per heavy atom. The molecule has 2 nitrogen and oxygen atoms in total. The van der Waals surface area contributed by atoms with Crippen molar-refractivity contribution >= 4 is 5.97 Å². The average molecular weight is 240 g/mol. The third-order valence-electron chi connectivity index (χ3n) is 3.94. The van der Waals surface area contributed by atoms with E-state index in [2.05, 4.69) is 20.8 Å². The van der Waals surface area contributed by atoms with Crippen LogP contribution >= 0.6 is 0 Å². The first kappa shape index (κ1) is 14.5. The number of unbranched alkanes of at least 4 members (excludes halogenated alkanes) is 2. The van der Waals surface area contributed by atoms with Gasteiger partial charge in [-0.2, -0.15) is 0 Å². The molecular formula is C15H28O2. The molecule has 1 fully saturated rings. The molecule has 0 aromatic heterocycles. The van der Waals surface area contributed by atoms with E-state index < -0.39 is 0 Å².